The highest BCUT2D eigenvalue weighted by Crippen LogP contribution is 2.53. The molecule has 5 aliphatic heterocycles. The molecule has 818 valence electrons. The molecule has 38 nitrogen and oxygen atoms in total. The average Bonchev–Trinajstić information content (AvgIpc) is 1.58. The van der Waals surface area contributed by atoms with Crippen LogP contribution < -0.4 is 19.5 Å². The number of fused-ring (bicyclic) bond motifs is 4. The number of hydrogen-bond donors (Lipinski definition) is 3. The Kier molecular flexibility index (Phi) is 46.1. The molecule has 0 saturated carbocycles. The van der Waals surface area contributed by atoms with Crippen molar-refractivity contribution in [2.75, 3.05) is 213 Å². The molecule has 5 aliphatic rings. The molecular formula is C101H130F5N10O28P5S. The van der Waals surface area contributed by atoms with E-state index in [1.807, 2.05) is 148 Å². The van der Waals surface area contributed by atoms with E-state index >= 15 is 0 Å². The number of amides is 4. The average molecular weight is 2210 g/mol. The summed E-state index contributed by atoms with van der Waals surface area (Å²) >= 11 is 0. The molecule has 8 aromatic carbocycles. The van der Waals surface area contributed by atoms with E-state index in [-0.39, 0.29) is 97.5 Å². The number of alkyl halides is 3. The number of carbonyl (C=O) groups excluding carboxylic acids is 4. The van der Waals surface area contributed by atoms with Crippen molar-refractivity contribution < 1.29 is 151 Å². The summed E-state index contributed by atoms with van der Waals surface area (Å²) in [6.45, 7) is 15.7. The number of phenolic OH excluding ortho intramolecular Hbond substituents is 1. The van der Waals surface area contributed by atoms with Gasteiger partial charge in [0.15, 0.2) is 11.5 Å². The van der Waals surface area contributed by atoms with Crippen LogP contribution in [0.1, 0.15) is 98.2 Å². The lowest BCUT2D eigenvalue weighted by atomic mass is 9.99. The maximum Gasteiger partial charge on any atom is 0.523 e. The van der Waals surface area contributed by atoms with Crippen molar-refractivity contribution in [1.82, 2.24) is 49.6 Å². The smallest absolute Gasteiger partial charge is 0.507 e. The Morgan fingerprint density at radius 3 is 1.11 bits per heavy atom. The topological polar surface area (TPSA) is 427 Å². The summed E-state index contributed by atoms with van der Waals surface area (Å²) < 4.78 is 218. The van der Waals surface area contributed by atoms with Crippen LogP contribution in [0.5, 0.6) is 23.0 Å². The number of nitrogens with zero attached hydrogens (tertiary/aromatic N) is 9. The van der Waals surface area contributed by atoms with Crippen LogP contribution in [0.15, 0.2) is 207 Å². The summed E-state index contributed by atoms with van der Waals surface area (Å²) in [4.78, 5) is 76.4. The molecule has 3 saturated heterocycles. The molecule has 0 spiro atoms. The first-order valence-corrected chi connectivity index (χ1v) is 57.6. The predicted octanol–water partition coefficient (Wildman–Crippen LogP) is 17.9. The summed E-state index contributed by atoms with van der Waals surface area (Å²) in [5, 5.41) is 23.8. The maximum atomic E-state index is 14.5. The first-order valence-electron chi connectivity index (χ1n) is 47.6. The van der Waals surface area contributed by atoms with Gasteiger partial charge in [-0.1, -0.05) is 146 Å². The zero-order valence-corrected chi connectivity index (χ0v) is 91.0. The van der Waals surface area contributed by atoms with Gasteiger partial charge in [0.05, 0.1) is 68.2 Å². The highest BCUT2D eigenvalue weighted by atomic mass is 32.2. The van der Waals surface area contributed by atoms with E-state index in [9.17, 15) is 77.5 Å². The van der Waals surface area contributed by atoms with Gasteiger partial charge in [0.25, 0.3) is 11.8 Å². The van der Waals surface area contributed by atoms with Crippen molar-refractivity contribution in [3.63, 3.8) is 0 Å². The number of aliphatic hydroxyl groups excluding tert-OH is 1. The highest BCUT2D eigenvalue weighted by molar-refractivity contribution is 7.87. The van der Waals surface area contributed by atoms with Gasteiger partial charge in [0.1, 0.15) is 52.0 Å². The number of nitrogens with one attached hydrogen (secondary N) is 1. The lowest BCUT2D eigenvalue weighted by Crippen LogP contribution is -2.50. The molecule has 0 radical (unpaired) electrons. The van der Waals surface area contributed by atoms with Crippen LogP contribution in [-0.4, -0.2) is 311 Å². The van der Waals surface area contributed by atoms with Crippen LogP contribution in [0, 0.1) is 11.6 Å². The fraction of sp³-hybridized carbons (Fsp3) is 0.426. The van der Waals surface area contributed by atoms with Crippen LogP contribution in [0.2, 0.25) is 0 Å². The quantitative estimate of drug-likeness (QED) is 0.0140. The van der Waals surface area contributed by atoms with Gasteiger partial charge in [0.2, 0.25) is 0 Å². The second-order valence-corrected chi connectivity index (χ2v) is 48.7. The lowest BCUT2D eigenvalue weighted by molar-refractivity contribution is -0.0539. The third-order valence-electron chi connectivity index (χ3n) is 24.5. The lowest BCUT2D eigenvalue weighted by Gasteiger charge is -2.35. The van der Waals surface area contributed by atoms with E-state index in [2.05, 4.69) is 47.3 Å². The van der Waals surface area contributed by atoms with E-state index in [1.54, 1.807) is 74.5 Å². The number of aliphatic hydroxyl groups is 1. The summed E-state index contributed by atoms with van der Waals surface area (Å²) in [7, 11) is -8.09. The van der Waals surface area contributed by atoms with Gasteiger partial charge >= 0.3 is 65.8 Å². The van der Waals surface area contributed by atoms with Crippen LogP contribution in [0.3, 0.4) is 0 Å². The standard InChI is InChI=1S/C40H40FN4O7P.C31H23FN2O3.C13H27N2O5P.C8H19N2O3P.C5H10F3O6PS.C4H11O4P/c1-49-53(48,50-2)25-24-43-20-22-44(23-21-43)40(47)52-37-32-14-9-19-42-35(32)38(51-36(29-10-5-3-6-11-29)30-12-7-4-8-13-30)34-33(37)27-45(39(34)46)26-28-15-17-31(41)18-16-28;32-23-15-13-20(14-16-23)18-34-19-25-26(31(34)36)30(27-24(28(25)35)12-7-17-33-27)37-29(21-8-3-1-4-9-21)22-10-5-2-6-11-22;1-13(2,3)20-12(16)15-8-6-14(7-9-15)10-11-21(17,18-4)19-5;1-12-14(11,13-2)8-7-10-5-3-9-4-6-10;1-12-15(9,13-2)4-3-14-16(10,11)5(6,7)8;1-7-9(6,8-2)4-3-5/h3-19,36H,20-27H2,1-2H3;1-17,29,35H,18-19H2;6-11H2,1-5H3;9H,3-8H2,1-2H3;3-4H2,1-2H3;5H,3-4H2,1-2H3. The SMILES string of the molecule is COP(=O)(CCN1CCN(C(=O)OC(C)(C)C)CC1)OC.COP(=O)(CCN1CCN(C(=O)Oc2c3c(c(OC(c4ccccc4)c4ccccc4)c4ncccc24)C(=O)N(Cc2ccc(F)cc2)C3)CC1)OC.COP(=O)(CCN1CCNCC1)OC.COP(=O)(CCO)OC.COP(=O)(CCOS(=O)(=O)C(F)(F)F)OC.O=C1c2c(c(O)c3cccnc3c2OC(c2ccccc2)c2ccccc2)CN1Cc1ccc(F)cc1. The summed E-state index contributed by atoms with van der Waals surface area (Å²) in [6, 6.07) is 58.3. The summed E-state index contributed by atoms with van der Waals surface area (Å²) in [6.07, 6.45) is 1.84. The number of rotatable bonds is 38. The Morgan fingerprint density at radius 2 is 0.760 bits per heavy atom. The molecule has 0 unspecified atom stereocenters. The minimum atomic E-state index is -5.67. The van der Waals surface area contributed by atoms with Gasteiger partial charge in [-0.3, -0.25) is 56.4 Å². The number of pyridine rings is 2. The fourth-order valence-electron chi connectivity index (χ4n) is 16.1. The van der Waals surface area contributed by atoms with Gasteiger partial charge in [-0.25, -0.2) is 18.4 Å². The molecule has 4 amide bonds. The normalized spacial score (nSPS) is 15.0. The third kappa shape index (κ3) is 34.3. The number of hydrogen-bond acceptors (Lipinski definition) is 34. The zero-order chi connectivity index (χ0) is 109. The Bertz CT molecular complexity index is 6320. The minimum Gasteiger partial charge on any atom is -0.507 e. The Morgan fingerprint density at radius 1 is 0.427 bits per heavy atom. The number of benzene rings is 8. The first kappa shape index (κ1) is 121. The largest absolute Gasteiger partial charge is 0.523 e. The second-order valence-electron chi connectivity index (χ2n) is 35.1. The number of phenols is 1. The van der Waals surface area contributed by atoms with Crippen molar-refractivity contribution in [3.8, 4) is 23.0 Å². The molecule has 0 aliphatic carbocycles. The Hall–Kier alpha value is -10.4. The number of aromatic nitrogens is 2. The third-order valence-corrected chi connectivity index (χ3v) is 34.8. The van der Waals surface area contributed by atoms with Gasteiger partial charge < -0.3 is 104 Å². The number of piperazine rings is 3. The van der Waals surface area contributed by atoms with E-state index in [0.29, 0.717) is 109 Å². The molecule has 0 atom stereocenters. The van der Waals surface area contributed by atoms with Gasteiger partial charge in [-0.2, -0.15) is 21.6 Å². The van der Waals surface area contributed by atoms with Crippen LogP contribution in [0.25, 0.3) is 21.8 Å². The van der Waals surface area contributed by atoms with E-state index in [0.717, 1.165) is 93.4 Å². The van der Waals surface area contributed by atoms with Crippen LogP contribution in [0.4, 0.5) is 31.5 Å². The van der Waals surface area contributed by atoms with Gasteiger partial charge in [0, 0.05) is 217 Å². The summed E-state index contributed by atoms with van der Waals surface area (Å²) in [5.41, 5.74) is 1.56. The molecule has 15 rings (SSSR count). The van der Waals surface area contributed by atoms with E-state index in [1.165, 1.54) is 81.1 Å². The molecule has 0 bridgehead atoms. The molecule has 7 heterocycles. The highest BCUT2D eigenvalue weighted by Gasteiger charge is 2.48. The molecule has 3 N–H and O–H groups in total. The first-order chi connectivity index (χ1) is 71.5. The van der Waals surface area contributed by atoms with E-state index in [4.69, 9.17) is 56.2 Å². The van der Waals surface area contributed by atoms with Crippen molar-refractivity contribution in [1.29, 1.82) is 0 Å². The van der Waals surface area contributed by atoms with Crippen molar-refractivity contribution >= 4 is 93.9 Å². The maximum absolute atomic E-state index is 14.5. The Balaban J connectivity index is 0.000000204. The fourth-order valence-corrected chi connectivity index (χ4v) is 21.4. The monoisotopic (exact) mass is 2210 g/mol. The van der Waals surface area contributed by atoms with Crippen LogP contribution in [-0.2, 0) is 113 Å². The molecule has 2 aromatic heterocycles. The summed E-state index contributed by atoms with van der Waals surface area (Å²) in [5.74, 6) is -0.389. The molecule has 3 fully saturated rings. The zero-order valence-electron chi connectivity index (χ0n) is 85.7. The predicted molar refractivity (Wildman–Crippen MR) is 554 cm³/mol. The van der Waals surface area contributed by atoms with E-state index < -0.39 is 90.3 Å². The van der Waals surface area contributed by atoms with Crippen molar-refractivity contribution in [2.45, 2.75) is 70.3 Å². The number of halogens is 5. The van der Waals surface area contributed by atoms with Crippen molar-refractivity contribution in [3.05, 3.63) is 274 Å². The van der Waals surface area contributed by atoms with Crippen molar-refractivity contribution in [2.24, 2.45) is 0 Å². The molecular weight excluding hydrogens is 2080 g/mol. The van der Waals surface area contributed by atoms with Gasteiger partial charge in [-0.05, 0) is 103 Å². The molecule has 150 heavy (non-hydrogen) atoms. The Labute approximate surface area is 870 Å². The second kappa shape index (κ2) is 57.0. The number of aromatic hydroxyl groups is 1. The minimum absolute atomic E-state index is 0.0244. The molecule has 49 heteroatoms. The van der Waals surface area contributed by atoms with Crippen LogP contribution >= 0.6 is 38.0 Å². The van der Waals surface area contributed by atoms with Gasteiger partial charge in [-0.15, -0.1) is 0 Å². The number of ether oxygens (including phenoxy) is 4. The molecule has 10 aromatic rings. The number of carbonyl (C=O) groups is 4.